The standard InChI is InChI=1S/C15H15N3O2S2/c1-10(14-16-7-8-21-14)17(2)13(19)9-18-15(20)11-5-3-4-6-12(11)22-18/h3-8,10H,9H2,1-2H3/t10-/m1/s1. The monoisotopic (exact) mass is 333 g/mol. The van der Waals surface area contributed by atoms with Crippen LogP contribution >= 0.6 is 22.9 Å². The number of rotatable bonds is 4. The van der Waals surface area contributed by atoms with Gasteiger partial charge in [0.15, 0.2) is 0 Å². The Morgan fingerprint density at radius 3 is 2.86 bits per heavy atom. The van der Waals surface area contributed by atoms with Gasteiger partial charge in [-0.2, -0.15) is 0 Å². The molecule has 3 aromatic rings. The number of amides is 1. The van der Waals surface area contributed by atoms with Crippen molar-refractivity contribution in [1.29, 1.82) is 0 Å². The fourth-order valence-corrected chi connectivity index (χ4v) is 3.90. The Morgan fingerprint density at radius 1 is 1.41 bits per heavy atom. The van der Waals surface area contributed by atoms with Crippen molar-refractivity contribution in [3.63, 3.8) is 0 Å². The molecular formula is C15H15N3O2S2. The lowest BCUT2D eigenvalue weighted by Crippen LogP contribution is -2.34. The van der Waals surface area contributed by atoms with E-state index in [1.54, 1.807) is 24.2 Å². The molecule has 0 bridgehead atoms. The van der Waals surface area contributed by atoms with E-state index in [-0.39, 0.29) is 24.1 Å². The summed E-state index contributed by atoms with van der Waals surface area (Å²) in [5.41, 5.74) is -0.107. The molecule has 0 saturated heterocycles. The van der Waals surface area contributed by atoms with Crippen LogP contribution in [0, 0.1) is 0 Å². The van der Waals surface area contributed by atoms with Gasteiger partial charge in [0.25, 0.3) is 5.56 Å². The van der Waals surface area contributed by atoms with E-state index in [1.807, 2.05) is 30.5 Å². The van der Waals surface area contributed by atoms with Gasteiger partial charge in [-0.1, -0.05) is 23.7 Å². The summed E-state index contributed by atoms with van der Waals surface area (Å²) >= 11 is 2.84. The van der Waals surface area contributed by atoms with Crippen molar-refractivity contribution in [2.24, 2.45) is 0 Å². The van der Waals surface area contributed by atoms with E-state index in [9.17, 15) is 9.59 Å². The molecule has 0 aliphatic heterocycles. The summed E-state index contributed by atoms with van der Waals surface area (Å²) in [5.74, 6) is -0.101. The van der Waals surface area contributed by atoms with Crippen molar-refractivity contribution in [1.82, 2.24) is 13.8 Å². The number of carbonyl (C=O) groups excluding carboxylic acids is 1. The van der Waals surface area contributed by atoms with Crippen molar-refractivity contribution < 1.29 is 4.79 Å². The van der Waals surface area contributed by atoms with Crippen LogP contribution in [0.25, 0.3) is 10.1 Å². The predicted octanol–water partition coefficient (Wildman–Crippen LogP) is 2.74. The topological polar surface area (TPSA) is 55.2 Å². The Kier molecular flexibility index (Phi) is 4.08. The smallest absolute Gasteiger partial charge is 0.268 e. The maximum absolute atomic E-state index is 12.4. The molecule has 0 aliphatic rings. The third-order valence-corrected chi connectivity index (χ3v) is 5.63. The highest BCUT2D eigenvalue weighted by Gasteiger charge is 2.20. The number of benzene rings is 1. The van der Waals surface area contributed by atoms with E-state index in [0.717, 1.165) is 9.71 Å². The van der Waals surface area contributed by atoms with Gasteiger partial charge in [-0.25, -0.2) is 4.98 Å². The maximum Gasteiger partial charge on any atom is 0.268 e. The quantitative estimate of drug-likeness (QED) is 0.738. The minimum absolute atomic E-state index is 0.0599. The zero-order valence-electron chi connectivity index (χ0n) is 12.2. The SMILES string of the molecule is C[C@H](c1nccs1)N(C)C(=O)Cn1sc2ccccc2c1=O. The van der Waals surface area contributed by atoms with Gasteiger partial charge in [-0.05, 0) is 19.1 Å². The molecule has 0 N–H and O–H groups in total. The highest BCUT2D eigenvalue weighted by atomic mass is 32.1. The molecule has 114 valence electrons. The number of hydrogen-bond acceptors (Lipinski definition) is 5. The molecule has 0 spiro atoms. The molecule has 1 atom stereocenters. The first-order valence-corrected chi connectivity index (χ1v) is 8.47. The number of thiazole rings is 1. The van der Waals surface area contributed by atoms with Gasteiger partial charge in [-0.15, -0.1) is 11.3 Å². The van der Waals surface area contributed by atoms with Crippen LogP contribution in [0.1, 0.15) is 18.0 Å². The number of aromatic nitrogens is 2. The molecule has 5 nitrogen and oxygen atoms in total. The number of likely N-dealkylation sites (N-methyl/N-ethyl adjacent to an activating group) is 1. The van der Waals surface area contributed by atoms with Gasteiger partial charge in [-0.3, -0.25) is 13.5 Å². The van der Waals surface area contributed by atoms with E-state index in [0.29, 0.717) is 5.39 Å². The lowest BCUT2D eigenvalue weighted by Gasteiger charge is -2.23. The maximum atomic E-state index is 12.4. The minimum atomic E-state index is -0.107. The first-order chi connectivity index (χ1) is 10.6. The molecule has 1 amide bonds. The van der Waals surface area contributed by atoms with Crippen LogP contribution in [0.3, 0.4) is 0 Å². The van der Waals surface area contributed by atoms with E-state index in [2.05, 4.69) is 4.98 Å². The summed E-state index contributed by atoms with van der Waals surface area (Å²) in [6.45, 7) is 1.99. The van der Waals surface area contributed by atoms with Crippen LogP contribution in [0.4, 0.5) is 0 Å². The zero-order valence-corrected chi connectivity index (χ0v) is 13.9. The van der Waals surface area contributed by atoms with Crippen molar-refractivity contribution in [3.05, 3.63) is 51.2 Å². The van der Waals surface area contributed by atoms with Crippen LogP contribution in [-0.4, -0.2) is 26.8 Å². The summed E-state index contributed by atoms with van der Waals surface area (Å²) in [5, 5.41) is 3.44. The van der Waals surface area contributed by atoms with Crippen molar-refractivity contribution >= 4 is 38.9 Å². The molecule has 1 aromatic carbocycles. The molecule has 0 radical (unpaired) electrons. The first-order valence-electron chi connectivity index (χ1n) is 6.82. The van der Waals surface area contributed by atoms with Gasteiger partial charge in [0, 0.05) is 18.6 Å². The van der Waals surface area contributed by atoms with Crippen LogP contribution < -0.4 is 5.56 Å². The second-order valence-electron chi connectivity index (χ2n) is 4.98. The molecule has 0 aliphatic carbocycles. The summed E-state index contributed by atoms with van der Waals surface area (Å²) < 4.78 is 2.41. The zero-order chi connectivity index (χ0) is 15.7. The fraction of sp³-hybridized carbons (Fsp3) is 0.267. The van der Waals surface area contributed by atoms with Gasteiger partial charge < -0.3 is 4.90 Å². The molecule has 3 rings (SSSR count). The first kappa shape index (κ1) is 14.9. The predicted molar refractivity (Wildman–Crippen MR) is 89.4 cm³/mol. The summed E-state index contributed by atoms with van der Waals surface area (Å²) in [6, 6.07) is 7.31. The minimum Gasteiger partial charge on any atom is -0.335 e. The average molecular weight is 333 g/mol. The Hall–Kier alpha value is -1.99. The van der Waals surface area contributed by atoms with Crippen LogP contribution in [-0.2, 0) is 11.3 Å². The number of fused-ring (bicyclic) bond motifs is 1. The second kappa shape index (κ2) is 6.02. The Bertz CT molecular complexity index is 851. The molecule has 2 aromatic heterocycles. The Morgan fingerprint density at radius 2 is 2.18 bits per heavy atom. The fourth-order valence-electron chi connectivity index (χ4n) is 2.18. The highest BCUT2D eigenvalue weighted by Crippen LogP contribution is 2.21. The van der Waals surface area contributed by atoms with Gasteiger partial charge in [0.05, 0.1) is 16.1 Å². The Balaban J connectivity index is 1.81. The van der Waals surface area contributed by atoms with Gasteiger partial charge in [0.2, 0.25) is 5.91 Å². The third-order valence-electron chi connectivity index (χ3n) is 3.61. The molecule has 22 heavy (non-hydrogen) atoms. The van der Waals surface area contributed by atoms with Gasteiger partial charge >= 0.3 is 0 Å². The van der Waals surface area contributed by atoms with Crippen LogP contribution in [0.5, 0.6) is 0 Å². The van der Waals surface area contributed by atoms with Crippen LogP contribution in [0.2, 0.25) is 0 Å². The molecule has 0 fully saturated rings. The molecule has 7 heteroatoms. The van der Waals surface area contributed by atoms with Gasteiger partial charge in [0.1, 0.15) is 11.6 Å². The summed E-state index contributed by atoms with van der Waals surface area (Å²) in [4.78, 5) is 30.6. The lowest BCUT2D eigenvalue weighted by atomic mass is 10.3. The van der Waals surface area contributed by atoms with Crippen LogP contribution in [0.15, 0.2) is 40.6 Å². The lowest BCUT2D eigenvalue weighted by molar-refractivity contribution is -0.132. The van der Waals surface area contributed by atoms with E-state index < -0.39 is 0 Å². The molecule has 0 saturated carbocycles. The molecule has 0 unspecified atom stereocenters. The average Bonchev–Trinajstić information content (AvgIpc) is 3.15. The van der Waals surface area contributed by atoms with Crippen molar-refractivity contribution in [2.45, 2.75) is 19.5 Å². The van der Waals surface area contributed by atoms with E-state index in [1.165, 1.54) is 26.8 Å². The summed E-state index contributed by atoms with van der Waals surface area (Å²) in [6.07, 6.45) is 1.73. The van der Waals surface area contributed by atoms with Crippen molar-refractivity contribution in [3.8, 4) is 0 Å². The molecular weight excluding hydrogens is 318 g/mol. The second-order valence-corrected chi connectivity index (χ2v) is 6.97. The highest BCUT2D eigenvalue weighted by molar-refractivity contribution is 7.13. The number of hydrogen-bond donors (Lipinski definition) is 0. The number of nitrogens with zero attached hydrogens (tertiary/aromatic N) is 3. The van der Waals surface area contributed by atoms with E-state index >= 15 is 0 Å². The largest absolute Gasteiger partial charge is 0.335 e. The Labute approximate surface area is 135 Å². The third kappa shape index (κ3) is 2.69. The van der Waals surface area contributed by atoms with E-state index in [4.69, 9.17) is 0 Å². The molecule has 2 heterocycles. The number of carbonyl (C=O) groups is 1. The normalized spacial score (nSPS) is 12.5. The van der Waals surface area contributed by atoms with Crippen molar-refractivity contribution in [2.75, 3.05) is 7.05 Å². The summed E-state index contributed by atoms with van der Waals surface area (Å²) in [7, 11) is 1.74.